The van der Waals surface area contributed by atoms with Crippen LogP contribution in [0.15, 0.2) is 71.6 Å². The van der Waals surface area contributed by atoms with Gasteiger partial charge >= 0.3 is 0 Å². The molecule has 168 valence electrons. The average Bonchev–Trinajstić information content (AvgIpc) is 2.82. The average molecular weight is 457 g/mol. The second-order valence-electron chi connectivity index (χ2n) is 6.72. The Balaban J connectivity index is 1.67. The summed E-state index contributed by atoms with van der Waals surface area (Å²) >= 11 is 0. The highest BCUT2D eigenvalue weighted by Gasteiger charge is 2.16. The first-order valence-corrected chi connectivity index (χ1v) is 11.1. The molecule has 0 bridgehead atoms. The third-order valence-electron chi connectivity index (χ3n) is 4.70. The molecule has 9 heteroatoms. The number of carbonyl (C=O) groups excluding carboxylic acids is 1. The third kappa shape index (κ3) is 5.50. The van der Waals surface area contributed by atoms with Crippen LogP contribution in [0.3, 0.4) is 0 Å². The van der Waals surface area contributed by atoms with Gasteiger partial charge in [-0.1, -0.05) is 0 Å². The maximum atomic E-state index is 12.6. The predicted octanol–water partition coefficient (Wildman–Crippen LogP) is 3.44. The maximum Gasteiger partial charge on any atom is 0.261 e. The SMILES string of the molecule is COc1ccc(NS(=O)(=O)c2ccc(C(=O)NCc3cc(OC)ccc3OC)cc2)cc1. The van der Waals surface area contributed by atoms with E-state index in [-0.39, 0.29) is 17.3 Å². The Hall–Kier alpha value is -3.72. The first kappa shape index (κ1) is 23.0. The van der Waals surface area contributed by atoms with E-state index in [2.05, 4.69) is 10.0 Å². The number of nitrogens with one attached hydrogen (secondary N) is 2. The van der Waals surface area contributed by atoms with E-state index in [1.807, 2.05) is 0 Å². The normalized spacial score (nSPS) is 10.8. The minimum Gasteiger partial charge on any atom is -0.497 e. The molecular formula is C23H24N2O6S. The number of hydrogen-bond donors (Lipinski definition) is 2. The summed E-state index contributed by atoms with van der Waals surface area (Å²) in [4.78, 5) is 12.6. The van der Waals surface area contributed by atoms with Crippen LogP contribution in [-0.2, 0) is 16.6 Å². The molecule has 0 aliphatic carbocycles. The number of benzene rings is 3. The van der Waals surface area contributed by atoms with Gasteiger partial charge in [0, 0.05) is 23.4 Å². The molecule has 0 aliphatic heterocycles. The Morgan fingerprint density at radius 1 is 0.812 bits per heavy atom. The molecule has 0 saturated heterocycles. The van der Waals surface area contributed by atoms with E-state index >= 15 is 0 Å². The van der Waals surface area contributed by atoms with E-state index in [1.54, 1.807) is 56.7 Å². The number of amides is 1. The number of anilines is 1. The Morgan fingerprint density at radius 2 is 1.44 bits per heavy atom. The summed E-state index contributed by atoms with van der Waals surface area (Å²) in [6.45, 7) is 0.221. The molecule has 0 aliphatic rings. The Bertz CT molecular complexity index is 1180. The topological polar surface area (TPSA) is 103 Å². The smallest absolute Gasteiger partial charge is 0.261 e. The second kappa shape index (κ2) is 10.1. The zero-order valence-corrected chi connectivity index (χ0v) is 18.7. The van der Waals surface area contributed by atoms with Crippen molar-refractivity contribution in [3.05, 3.63) is 77.9 Å². The van der Waals surface area contributed by atoms with Gasteiger partial charge in [0.2, 0.25) is 0 Å². The van der Waals surface area contributed by atoms with Gasteiger partial charge < -0.3 is 19.5 Å². The molecule has 0 unspecified atom stereocenters. The predicted molar refractivity (Wildman–Crippen MR) is 121 cm³/mol. The lowest BCUT2D eigenvalue weighted by molar-refractivity contribution is 0.0950. The summed E-state index contributed by atoms with van der Waals surface area (Å²) in [5, 5.41) is 2.80. The van der Waals surface area contributed by atoms with Gasteiger partial charge in [0.15, 0.2) is 0 Å². The molecule has 3 aromatic carbocycles. The number of ether oxygens (including phenoxy) is 3. The molecule has 0 radical (unpaired) electrons. The second-order valence-corrected chi connectivity index (χ2v) is 8.40. The van der Waals surface area contributed by atoms with Gasteiger partial charge in [-0.3, -0.25) is 9.52 Å². The molecule has 0 fully saturated rings. The van der Waals surface area contributed by atoms with Crippen LogP contribution in [0.2, 0.25) is 0 Å². The molecule has 0 saturated carbocycles. The van der Waals surface area contributed by atoms with Crippen LogP contribution < -0.4 is 24.2 Å². The van der Waals surface area contributed by atoms with Gasteiger partial charge in [-0.15, -0.1) is 0 Å². The number of methoxy groups -OCH3 is 3. The number of carbonyl (C=O) groups is 1. The van der Waals surface area contributed by atoms with Gasteiger partial charge in [-0.05, 0) is 66.7 Å². The van der Waals surface area contributed by atoms with Crippen LogP contribution in [-0.4, -0.2) is 35.7 Å². The van der Waals surface area contributed by atoms with E-state index in [4.69, 9.17) is 14.2 Å². The fraction of sp³-hybridized carbons (Fsp3) is 0.174. The molecule has 3 aromatic rings. The molecule has 32 heavy (non-hydrogen) atoms. The van der Waals surface area contributed by atoms with Crippen LogP contribution >= 0.6 is 0 Å². The van der Waals surface area contributed by atoms with Crippen molar-refractivity contribution in [2.24, 2.45) is 0 Å². The van der Waals surface area contributed by atoms with Crippen molar-refractivity contribution in [2.75, 3.05) is 26.1 Å². The highest BCUT2D eigenvalue weighted by Crippen LogP contribution is 2.24. The molecular weight excluding hydrogens is 432 g/mol. The lowest BCUT2D eigenvalue weighted by Gasteiger charge is -2.12. The quantitative estimate of drug-likeness (QED) is 0.511. The summed E-state index contributed by atoms with van der Waals surface area (Å²) in [5.74, 6) is 1.54. The van der Waals surface area contributed by atoms with Gasteiger partial charge in [-0.2, -0.15) is 0 Å². The van der Waals surface area contributed by atoms with Crippen LogP contribution in [0.5, 0.6) is 17.2 Å². The van der Waals surface area contributed by atoms with Crippen molar-refractivity contribution in [1.82, 2.24) is 5.32 Å². The Kier molecular flexibility index (Phi) is 7.21. The van der Waals surface area contributed by atoms with Gasteiger partial charge in [0.05, 0.1) is 26.2 Å². The molecule has 0 aromatic heterocycles. The van der Waals surface area contributed by atoms with E-state index < -0.39 is 10.0 Å². The van der Waals surface area contributed by atoms with Gasteiger partial charge in [-0.25, -0.2) is 8.42 Å². The molecule has 8 nitrogen and oxygen atoms in total. The molecule has 2 N–H and O–H groups in total. The van der Waals surface area contributed by atoms with Crippen LogP contribution in [0.1, 0.15) is 15.9 Å². The first-order chi connectivity index (χ1) is 15.4. The molecule has 0 heterocycles. The summed E-state index contributed by atoms with van der Waals surface area (Å²) in [7, 11) is 0.838. The van der Waals surface area contributed by atoms with Gasteiger partial charge in [0.25, 0.3) is 15.9 Å². The number of rotatable bonds is 9. The van der Waals surface area contributed by atoms with E-state index in [0.717, 1.165) is 5.56 Å². The van der Waals surface area contributed by atoms with Crippen LogP contribution in [0.4, 0.5) is 5.69 Å². The van der Waals surface area contributed by atoms with Gasteiger partial charge in [0.1, 0.15) is 17.2 Å². The molecule has 3 rings (SSSR count). The number of sulfonamides is 1. The zero-order valence-electron chi connectivity index (χ0n) is 17.9. The van der Waals surface area contributed by atoms with Crippen LogP contribution in [0.25, 0.3) is 0 Å². The largest absolute Gasteiger partial charge is 0.497 e. The van der Waals surface area contributed by atoms with Crippen molar-refractivity contribution in [2.45, 2.75) is 11.4 Å². The Labute approximate surface area is 187 Å². The summed E-state index contributed by atoms with van der Waals surface area (Å²) in [5.41, 5.74) is 1.48. The van der Waals surface area contributed by atoms with E-state index in [0.29, 0.717) is 28.5 Å². The summed E-state index contributed by atoms with van der Waals surface area (Å²) in [6.07, 6.45) is 0. The minimum atomic E-state index is -3.80. The molecule has 0 atom stereocenters. The van der Waals surface area contributed by atoms with Crippen molar-refractivity contribution in [3.8, 4) is 17.2 Å². The zero-order chi connectivity index (χ0) is 23.1. The fourth-order valence-corrected chi connectivity index (χ4v) is 4.01. The van der Waals surface area contributed by atoms with Crippen molar-refractivity contribution in [1.29, 1.82) is 0 Å². The fourth-order valence-electron chi connectivity index (χ4n) is 2.96. The van der Waals surface area contributed by atoms with E-state index in [9.17, 15) is 13.2 Å². The third-order valence-corrected chi connectivity index (χ3v) is 6.09. The van der Waals surface area contributed by atoms with Crippen molar-refractivity contribution in [3.63, 3.8) is 0 Å². The maximum absolute atomic E-state index is 12.6. The monoisotopic (exact) mass is 456 g/mol. The summed E-state index contributed by atoms with van der Waals surface area (Å²) in [6, 6.07) is 17.5. The first-order valence-electron chi connectivity index (χ1n) is 9.62. The number of hydrogen-bond acceptors (Lipinski definition) is 6. The van der Waals surface area contributed by atoms with Crippen molar-refractivity contribution >= 4 is 21.6 Å². The molecule has 0 spiro atoms. The lowest BCUT2D eigenvalue weighted by atomic mass is 10.1. The summed E-state index contributed by atoms with van der Waals surface area (Å²) < 4.78 is 43.3. The standard InChI is InChI=1S/C23H24N2O6S/c1-29-19-8-6-18(7-9-19)25-32(27,28)21-11-4-16(5-12-21)23(26)24-15-17-14-20(30-2)10-13-22(17)31-3/h4-14,25H,15H2,1-3H3,(H,24,26). The lowest BCUT2D eigenvalue weighted by Crippen LogP contribution is -2.23. The molecule has 1 amide bonds. The van der Waals surface area contributed by atoms with Crippen molar-refractivity contribution < 1.29 is 27.4 Å². The van der Waals surface area contributed by atoms with E-state index in [1.165, 1.54) is 31.4 Å². The highest BCUT2D eigenvalue weighted by molar-refractivity contribution is 7.92. The minimum absolute atomic E-state index is 0.0410. The highest BCUT2D eigenvalue weighted by atomic mass is 32.2. The Morgan fingerprint density at radius 3 is 2.03 bits per heavy atom. The van der Waals surface area contributed by atoms with Crippen LogP contribution in [0, 0.1) is 0 Å².